The molecule has 1 heterocycles. The Morgan fingerprint density at radius 3 is 2.93 bits per heavy atom. The van der Waals surface area contributed by atoms with Crippen LogP contribution >= 0.6 is 39.0 Å². The second kappa shape index (κ2) is 5.14. The van der Waals surface area contributed by atoms with Crippen LogP contribution in [0.1, 0.15) is 5.01 Å². The third-order valence-electron chi connectivity index (χ3n) is 1.97. The zero-order valence-electron chi connectivity index (χ0n) is 8.24. The molecule has 15 heavy (non-hydrogen) atoms. The topological polar surface area (TPSA) is 12.9 Å². The Balaban J connectivity index is 2.33. The summed E-state index contributed by atoms with van der Waals surface area (Å²) in [7, 11) is 0. The van der Waals surface area contributed by atoms with Gasteiger partial charge in [-0.15, -0.1) is 11.3 Å². The molecule has 1 nitrogen and oxygen atoms in total. The Kier molecular flexibility index (Phi) is 3.83. The average Bonchev–Trinajstić information content (AvgIpc) is 2.68. The number of thiazole rings is 1. The molecule has 78 valence electrons. The van der Waals surface area contributed by atoms with Crippen molar-refractivity contribution >= 4 is 39.0 Å². The number of aromatic nitrogens is 1. The van der Waals surface area contributed by atoms with E-state index in [0.717, 1.165) is 15.9 Å². The molecular formula is C11H10BrNS2. The van der Waals surface area contributed by atoms with Crippen molar-refractivity contribution in [2.24, 2.45) is 0 Å². The maximum atomic E-state index is 4.60. The molecule has 0 bridgehead atoms. The summed E-state index contributed by atoms with van der Waals surface area (Å²) in [5, 5.41) is 3.30. The number of hydrogen-bond acceptors (Lipinski definition) is 3. The number of nitrogens with zero attached hydrogens (tertiary/aromatic N) is 1. The molecule has 0 amide bonds. The van der Waals surface area contributed by atoms with Gasteiger partial charge in [0.15, 0.2) is 0 Å². The van der Waals surface area contributed by atoms with Gasteiger partial charge in [0.1, 0.15) is 5.01 Å². The summed E-state index contributed by atoms with van der Waals surface area (Å²) in [4.78, 5) is 4.60. The molecule has 2 rings (SSSR count). The predicted molar refractivity (Wildman–Crippen MR) is 72.5 cm³/mol. The van der Waals surface area contributed by atoms with Crippen LogP contribution in [0.15, 0.2) is 34.1 Å². The van der Waals surface area contributed by atoms with Crippen LogP contribution in [0.3, 0.4) is 0 Å². The van der Waals surface area contributed by atoms with Crippen molar-refractivity contribution < 1.29 is 0 Å². The van der Waals surface area contributed by atoms with Crippen LogP contribution in [0, 0.1) is 0 Å². The van der Waals surface area contributed by atoms with Crippen molar-refractivity contribution in [1.29, 1.82) is 0 Å². The summed E-state index contributed by atoms with van der Waals surface area (Å²) in [6.45, 7) is 0. The van der Waals surface area contributed by atoms with E-state index in [1.54, 1.807) is 23.1 Å². The first-order valence-corrected chi connectivity index (χ1v) is 7.56. The van der Waals surface area contributed by atoms with Gasteiger partial charge < -0.3 is 0 Å². The molecule has 1 aromatic carbocycles. The molecule has 0 radical (unpaired) electrons. The minimum atomic E-state index is 0.995. The van der Waals surface area contributed by atoms with Crippen LogP contribution in [0.4, 0.5) is 0 Å². The quantitative estimate of drug-likeness (QED) is 0.831. The molecule has 0 unspecified atom stereocenters. The molecule has 1 aromatic heterocycles. The van der Waals surface area contributed by atoms with E-state index in [4.69, 9.17) is 0 Å². The summed E-state index contributed by atoms with van der Waals surface area (Å²) >= 11 is 7.07. The molecule has 0 N–H and O–H groups in total. The van der Waals surface area contributed by atoms with Crippen LogP contribution in [0.2, 0.25) is 0 Å². The number of rotatable bonds is 3. The van der Waals surface area contributed by atoms with E-state index in [-0.39, 0.29) is 0 Å². The first-order valence-electron chi connectivity index (χ1n) is 4.49. The maximum Gasteiger partial charge on any atom is 0.103 e. The highest BCUT2D eigenvalue weighted by molar-refractivity contribution is 9.10. The van der Waals surface area contributed by atoms with Crippen molar-refractivity contribution in [3.05, 3.63) is 39.1 Å². The number of benzene rings is 1. The van der Waals surface area contributed by atoms with Crippen molar-refractivity contribution in [2.75, 3.05) is 6.26 Å². The first kappa shape index (κ1) is 11.2. The number of halogens is 1. The van der Waals surface area contributed by atoms with Crippen molar-refractivity contribution in [1.82, 2.24) is 4.98 Å². The van der Waals surface area contributed by atoms with E-state index < -0.39 is 0 Å². The van der Waals surface area contributed by atoms with Gasteiger partial charge in [-0.3, -0.25) is 0 Å². The summed E-state index contributed by atoms with van der Waals surface area (Å²) in [6.07, 6.45) is 2.10. The van der Waals surface area contributed by atoms with Crippen molar-refractivity contribution in [3.8, 4) is 11.3 Å². The predicted octanol–water partition coefficient (Wildman–Crippen LogP) is 4.44. The molecule has 0 saturated heterocycles. The molecule has 0 aliphatic carbocycles. The molecule has 4 heteroatoms. The Morgan fingerprint density at radius 1 is 1.40 bits per heavy atom. The number of hydrogen-bond donors (Lipinski definition) is 0. The van der Waals surface area contributed by atoms with Gasteiger partial charge in [0.2, 0.25) is 0 Å². The van der Waals surface area contributed by atoms with Crippen molar-refractivity contribution in [3.63, 3.8) is 0 Å². The number of thioether (sulfide) groups is 1. The van der Waals surface area contributed by atoms with Crippen molar-refractivity contribution in [2.45, 2.75) is 5.75 Å². The van der Waals surface area contributed by atoms with Crippen LogP contribution < -0.4 is 0 Å². The van der Waals surface area contributed by atoms with Gasteiger partial charge in [-0.25, -0.2) is 4.98 Å². The largest absolute Gasteiger partial charge is 0.240 e. The third-order valence-corrected chi connectivity index (χ3v) is 4.25. The minimum absolute atomic E-state index is 0.995. The summed E-state index contributed by atoms with van der Waals surface area (Å²) in [5.74, 6) is 0.995. The van der Waals surface area contributed by atoms with Crippen LogP contribution in [-0.2, 0) is 5.75 Å². The molecule has 0 atom stereocenters. The van der Waals surface area contributed by atoms with Crippen LogP contribution in [0.5, 0.6) is 0 Å². The van der Waals surface area contributed by atoms with Gasteiger partial charge >= 0.3 is 0 Å². The Bertz CT molecular complexity index is 453. The van der Waals surface area contributed by atoms with Crippen LogP contribution in [0.25, 0.3) is 11.3 Å². The third kappa shape index (κ3) is 2.62. The van der Waals surface area contributed by atoms with E-state index in [0.29, 0.717) is 0 Å². The zero-order chi connectivity index (χ0) is 10.7. The monoisotopic (exact) mass is 299 g/mol. The minimum Gasteiger partial charge on any atom is -0.240 e. The van der Waals surface area contributed by atoms with Gasteiger partial charge in [-0.2, -0.15) is 11.8 Å². The standard InChI is InChI=1S/C11H10BrNS2/c1-14-7-11-13-10(6-15-11)8-4-2-3-5-9(8)12/h2-6H,7H2,1H3. The fourth-order valence-corrected chi connectivity index (χ4v) is 3.30. The van der Waals surface area contributed by atoms with Gasteiger partial charge in [-0.05, 0) is 12.3 Å². The Hall–Kier alpha value is -0.320. The maximum absolute atomic E-state index is 4.60. The molecule has 0 aliphatic heterocycles. The summed E-state index contributed by atoms with van der Waals surface area (Å²) in [5.41, 5.74) is 2.23. The van der Waals surface area contributed by atoms with Gasteiger partial charge in [-0.1, -0.05) is 34.1 Å². The molecule has 0 aliphatic rings. The Labute approximate surface area is 106 Å². The second-order valence-electron chi connectivity index (χ2n) is 3.04. The molecule has 2 aromatic rings. The lowest BCUT2D eigenvalue weighted by atomic mass is 10.2. The first-order chi connectivity index (χ1) is 7.31. The van der Waals surface area contributed by atoms with E-state index in [9.17, 15) is 0 Å². The highest BCUT2D eigenvalue weighted by Crippen LogP contribution is 2.29. The lowest BCUT2D eigenvalue weighted by Crippen LogP contribution is -1.81. The molecule has 0 saturated carbocycles. The van der Waals surface area contributed by atoms with Gasteiger partial charge in [0.25, 0.3) is 0 Å². The van der Waals surface area contributed by atoms with Crippen LogP contribution in [-0.4, -0.2) is 11.2 Å². The lowest BCUT2D eigenvalue weighted by Gasteiger charge is -1.99. The second-order valence-corrected chi connectivity index (χ2v) is 5.70. The summed E-state index contributed by atoms with van der Waals surface area (Å²) < 4.78 is 1.10. The van der Waals surface area contributed by atoms with E-state index in [1.807, 2.05) is 18.2 Å². The molecule has 0 fully saturated rings. The van der Waals surface area contributed by atoms with E-state index >= 15 is 0 Å². The fourth-order valence-electron chi connectivity index (χ4n) is 1.29. The van der Waals surface area contributed by atoms with E-state index in [1.165, 1.54) is 10.6 Å². The zero-order valence-corrected chi connectivity index (χ0v) is 11.5. The summed E-state index contributed by atoms with van der Waals surface area (Å²) in [6, 6.07) is 8.18. The Morgan fingerprint density at radius 2 is 2.20 bits per heavy atom. The highest BCUT2D eigenvalue weighted by atomic mass is 79.9. The fraction of sp³-hybridized carbons (Fsp3) is 0.182. The molecule has 0 spiro atoms. The van der Waals surface area contributed by atoms with Gasteiger partial charge in [0.05, 0.1) is 5.69 Å². The normalized spacial score (nSPS) is 10.5. The smallest absolute Gasteiger partial charge is 0.103 e. The van der Waals surface area contributed by atoms with Gasteiger partial charge in [0, 0.05) is 21.2 Å². The molecular weight excluding hydrogens is 290 g/mol. The highest BCUT2D eigenvalue weighted by Gasteiger charge is 2.06. The SMILES string of the molecule is CSCc1nc(-c2ccccc2Br)cs1. The lowest BCUT2D eigenvalue weighted by molar-refractivity contribution is 1.27. The van der Waals surface area contributed by atoms with E-state index in [2.05, 4.69) is 38.6 Å². The average molecular weight is 300 g/mol.